The molecule has 1 aliphatic rings. The lowest BCUT2D eigenvalue weighted by atomic mass is 10.1. The minimum atomic E-state index is -3.69. The second-order valence-electron chi connectivity index (χ2n) is 9.89. The molecule has 0 saturated carbocycles. The first kappa shape index (κ1) is 25.7. The van der Waals surface area contributed by atoms with Crippen molar-refractivity contribution in [2.75, 3.05) is 18.0 Å². The van der Waals surface area contributed by atoms with Crippen molar-refractivity contribution in [3.8, 4) is 0 Å². The van der Waals surface area contributed by atoms with E-state index in [1.807, 2.05) is 52.8 Å². The fourth-order valence-corrected chi connectivity index (χ4v) is 6.63. The molecule has 9 nitrogen and oxygen atoms in total. The van der Waals surface area contributed by atoms with Crippen molar-refractivity contribution in [2.24, 2.45) is 0 Å². The number of anilines is 1. The maximum absolute atomic E-state index is 13.3. The Morgan fingerprint density at radius 2 is 1.80 bits per heavy atom. The summed E-state index contributed by atoms with van der Waals surface area (Å²) in [6.45, 7) is 10.5. The van der Waals surface area contributed by atoms with Gasteiger partial charge in [0.1, 0.15) is 17.7 Å². The number of nitrogens with zero attached hydrogens (tertiary/aromatic N) is 5. The van der Waals surface area contributed by atoms with Gasteiger partial charge in [0.15, 0.2) is 5.65 Å². The van der Waals surface area contributed by atoms with Gasteiger partial charge in [0, 0.05) is 34.9 Å². The molecule has 0 N–H and O–H groups in total. The highest BCUT2D eigenvalue weighted by Gasteiger charge is 2.36. The van der Waals surface area contributed by atoms with Gasteiger partial charge >= 0.3 is 6.09 Å². The minimum Gasteiger partial charge on any atom is -0.444 e. The second-order valence-corrected chi connectivity index (χ2v) is 12.9. The summed E-state index contributed by atoms with van der Waals surface area (Å²) >= 11 is 2.14. The number of benzene rings is 1. The van der Waals surface area contributed by atoms with Crippen LogP contribution in [-0.2, 0) is 20.5 Å². The predicted octanol–water partition coefficient (Wildman–Crippen LogP) is 4.25. The Hall–Kier alpha value is -2.41. The topological polar surface area (TPSA) is 97.6 Å². The molecule has 1 aliphatic heterocycles. The fraction of sp³-hybridized carbons (Fsp3) is 0.458. The maximum Gasteiger partial charge on any atom is 0.410 e. The molecule has 11 heteroatoms. The molecule has 0 radical (unpaired) electrons. The number of hydrogen-bond acceptors (Lipinski definition) is 7. The zero-order valence-electron chi connectivity index (χ0n) is 20.5. The molecule has 0 spiro atoms. The quantitative estimate of drug-likeness (QED) is 0.407. The van der Waals surface area contributed by atoms with Gasteiger partial charge in [-0.15, -0.1) is 0 Å². The molecule has 1 fully saturated rings. The SMILES string of the molecule is C[C@@H]1CN(c2ncnc3c2c(I)cn3S(=O)(=O)Cc2ccccc2)[C@H](C)CN1C(=O)OC(C)(C)C. The van der Waals surface area contributed by atoms with Gasteiger partial charge in [-0.1, -0.05) is 30.3 Å². The summed E-state index contributed by atoms with van der Waals surface area (Å²) in [6, 6.07) is 8.91. The van der Waals surface area contributed by atoms with E-state index in [1.54, 1.807) is 23.2 Å². The number of amides is 1. The highest BCUT2D eigenvalue weighted by molar-refractivity contribution is 14.1. The molecular formula is C24H30IN5O4S. The number of rotatable bonds is 4. The molecule has 0 aliphatic carbocycles. The second kappa shape index (κ2) is 9.57. The molecule has 4 rings (SSSR count). The van der Waals surface area contributed by atoms with E-state index in [4.69, 9.17) is 4.74 Å². The molecule has 2 atom stereocenters. The van der Waals surface area contributed by atoms with Gasteiger partial charge in [-0.25, -0.2) is 27.2 Å². The zero-order valence-corrected chi connectivity index (χ0v) is 23.4. The summed E-state index contributed by atoms with van der Waals surface area (Å²) in [6.07, 6.45) is 2.67. The lowest BCUT2D eigenvalue weighted by molar-refractivity contribution is 0.0130. The summed E-state index contributed by atoms with van der Waals surface area (Å²) < 4.78 is 34.2. The Labute approximate surface area is 219 Å². The third-order valence-corrected chi connectivity index (χ3v) is 8.26. The van der Waals surface area contributed by atoms with Gasteiger partial charge in [-0.2, -0.15) is 0 Å². The number of aromatic nitrogens is 3. The molecule has 3 aromatic rings. The molecule has 35 heavy (non-hydrogen) atoms. The molecule has 0 unspecified atom stereocenters. The minimum absolute atomic E-state index is 0.0584. The van der Waals surface area contributed by atoms with Crippen molar-refractivity contribution < 1.29 is 17.9 Å². The largest absolute Gasteiger partial charge is 0.444 e. The van der Waals surface area contributed by atoms with E-state index in [0.717, 1.165) is 3.57 Å². The first-order valence-corrected chi connectivity index (χ1v) is 14.1. The molecule has 3 heterocycles. The number of ether oxygens (including phenoxy) is 1. The van der Waals surface area contributed by atoms with Crippen LogP contribution < -0.4 is 4.90 Å². The molecule has 2 aromatic heterocycles. The van der Waals surface area contributed by atoms with Crippen LogP contribution in [0.1, 0.15) is 40.2 Å². The van der Waals surface area contributed by atoms with Crippen molar-refractivity contribution >= 4 is 55.6 Å². The molecule has 1 aromatic carbocycles. The standard InChI is InChI=1S/C24H30IN5O4S/c1-16-12-29(23(31)34-24(3,4)5)17(2)11-28(16)21-20-19(25)13-30(22(20)27-15-26-21)35(32,33)14-18-9-7-6-8-10-18/h6-10,13,15-17H,11-12,14H2,1-5H3/t16-,17-/m1/s1. The highest BCUT2D eigenvalue weighted by Crippen LogP contribution is 2.33. The van der Waals surface area contributed by atoms with Gasteiger partial charge < -0.3 is 14.5 Å². The number of halogens is 1. The Balaban J connectivity index is 1.66. The van der Waals surface area contributed by atoms with Crippen LogP contribution in [0.2, 0.25) is 0 Å². The monoisotopic (exact) mass is 611 g/mol. The lowest BCUT2D eigenvalue weighted by Gasteiger charge is -2.44. The third kappa shape index (κ3) is 5.40. The first-order valence-electron chi connectivity index (χ1n) is 11.4. The Bertz CT molecular complexity index is 1340. The normalized spacial score (nSPS) is 19.3. The van der Waals surface area contributed by atoms with Crippen LogP contribution in [0.5, 0.6) is 0 Å². The van der Waals surface area contributed by atoms with Crippen LogP contribution in [0.3, 0.4) is 0 Å². The molecule has 0 bridgehead atoms. The van der Waals surface area contributed by atoms with E-state index in [2.05, 4.69) is 37.5 Å². The molecule has 188 valence electrons. The average Bonchev–Trinajstić information content (AvgIpc) is 3.12. The average molecular weight is 612 g/mol. The third-order valence-electron chi connectivity index (χ3n) is 5.86. The van der Waals surface area contributed by atoms with Crippen LogP contribution >= 0.6 is 22.6 Å². The van der Waals surface area contributed by atoms with Crippen molar-refractivity contribution in [1.82, 2.24) is 18.8 Å². The first-order chi connectivity index (χ1) is 16.4. The van der Waals surface area contributed by atoms with Crippen molar-refractivity contribution in [2.45, 2.75) is 58.1 Å². The summed E-state index contributed by atoms with van der Waals surface area (Å²) in [4.78, 5) is 25.5. The van der Waals surface area contributed by atoms with Crippen LogP contribution in [0, 0.1) is 3.57 Å². The van der Waals surface area contributed by atoms with Gasteiger partial charge in [-0.3, -0.25) is 0 Å². The van der Waals surface area contributed by atoms with Crippen LogP contribution in [0.4, 0.5) is 10.6 Å². The van der Waals surface area contributed by atoms with Crippen LogP contribution in [0.25, 0.3) is 11.0 Å². The molecule has 1 saturated heterocycles. The number of hydrogen-bond donors (Lipinski definition) is 0. The smallest absolute Gasteiger partial charge is 0.410 e. The summed E-state index contributed by atoms with van der Waals surface area (Å²) in [5.41, 5.74) is 0.490. The van der Waals surface area contributed by atoms with Gasteiger partial charge in [0.05, 0.1) is 11.1 Å². The Kier molecular flexibility index (Phi) is 7.02. The predicted molar refractivity (Wildman–Crippen MR) is 144 cm³/mol. The van der Waals surface area contributed by atoms with Crippen LogP contribution in [0.15, 0.2) is 42.9 Å². The number of carbonyl (C=O) groups is 1. The zero-order chi connectivity index (χ0) is 25.5. The van der Waals surface area contributed by atoms with Crippen molar-refractivity contribution in [3.05, 3.63) is 52.0 Å². The Morgan fingerprint density at radius 3 is 2.46 bits per heavy atom. The van der Waals surface area contributed by atoms with Gasteiger partial charge in [0.25, 0.3) is 0 Å². The van der Waals surface area contributed by atoms with E-state index in [0.29, 0.717) is 35.5 Å². The van der Waals surface area contributed by atoms with E-state index >= 15 is 0 Å². The van der Waals surface area contributed by atoms with Crippen molar-refractivity contribution in [3.63, 3.8) is 0 Å². The van der Waals surface area contributed by atoms with Crippen LogP contribution in [-0.4, -0.2) is 64.1 Å². The highest BCUT2D eigenvalue weighted by atomic mass is 127. The number of piperazine rings is 1. The van der Waals surface area contributed by atoms with E-state index < -0.39 is 15.6 Å². The molecular weight excluding hydrogens is 581 g/mol. The lowest BCUT2D eigenvalue weighted by Crippen LogP contribution is -2.59. The van der Waals surface area contributed by atoms with E-state index in [-0.39, 0.29) is 23.9 Å². The summed E-state index contributed by atoms with van der Waals surface area (Å²) in [5.74, 6) is 0.533. The van der Waals surface area contributed by atoms with Gasteiger partial charge in [0.2, 0.25) is 10.0 Å². The summed E-state index contributed by atoms with van der Waals surface area (Å²) in [7, 11) is -3.69. The van der Waals surface area contributed by atoms with Gasteiger partial charge in [-0.05, 0) is 62.8 Å². The van der Waals surface area contributed by atoms with E-state index in [9.17, 15) is 13.2 Å². The molecule has 1 amide bonds. The van der Waals surface area contributed by atoms with E-state index in [1.165, 1.54) is 10.3 Å². The maximum atomic E-state index is 13.3. The Morgan fingerprint density at radius 1 is 1.11 bits per heavy atom. The summed E-state index contributed by atoms with van der Waals surface area (Å²) in [5, 5.41) is 0.689. The van der Waals surface area contributed by atoms with Crippen molar-refractivity contribution in [1.29, 1.82) is 0 Å². The number of fused-ring (bicyclic) bond motifs is 1. The number of carbonyl (C=O) groups excluding carboxylic acids is 1. The fourth-order valence-electron chi connectivity index (χ4n) is 4.26.